The van der Waals surface area contributed by atoms with Gasteiger partial charge in [-0.05, 0) is 0 Å². The number of amides is 1. The molecule has 0 aliphatic carbocycles. The predicted octanol–water partition coefficient (Wildman–Crippen LogP) is 2.99. The average molecular weight is 276 g/mol. The fourth-order valence-electron chi connectivity index (χ4n) is 0.861. The molecular formula is C8H3Cl2F4NO. The lowest BCUT2D eigenvalue weighted by molar-refractivity contribution is -0.114. The molecule has 88 valence electrons. The number of nitrogens with one attached hydrogen (secondary N) is 1. The molecule has 1 N–H and O–H groups in total. The van der Waals surface area contributed by atoms with Crippen LogP contribution >= 0.6 is 23.2 Å². The maximum absolute atomic E-state index is 13.0. The Kier molecular flexibility index (Phi) is 3.98. The first-order valence-corrected chi connectivity index (χ1v) is 4.64. The molecule has 1 aromatic carbocycles. The molecule has 0 atom stereocenters. The lowest BCUT2D eigenvalue weighted by Crippen LogP contribution is -2.21. The fraction of sp³-hybridized carbons (Fsp3) is 0.125. The average Bonchev–Trinajstić information content (AvgIpc) is 2.21. The summed E-state index contributed by atoms with van der Waals surface area (Å²) >= 11 is 10.2. The van der Waals surface area contributed by atoms with Gasteiger partial charge in [0.25, 0.3) is 5.91 Å². The van der Waals surface area contributed by atoms with Crippen LogP contribution in [0.15, 0.2) is 6.07 Å². The van der Waals surface area contributed by atoms with Gasteiger partial charge in [0.1, 0.15) is 5.69 Å². The molecule has 0 saturated carbocycles. The van der Waals surface area contributed by atoms with Gasteiger partial charge in [-0.3, -0.25) is 4.79 Å². The van der Waals surface area contributed by atoms with Crippen molar-refractivity contribution >= 4 is 34.8 Å². The van der Waals surface area contributed by atoms with Crippen LogP contribution in [-0.4, -0.2) is 10.7 Å². The Balaban J connectivity index is 3.18. The first-order chi connectivity index (χ1) is 7.34. The maximum atomic E-state index is 13.0. The number of carbonyl (C=O) groups is 1. The van der Waals surface area contributed by atoms with Gasteiger partial charge in [-0.15, -0.1) is 0 Å². The van der Waals surface area contributed by atoms with Crippen LogP contribution < -0.4 is 5.32 Å². The number of carbonyl (C=O) groups excluding carboxylic acids is 1. The number of hydrogen-bond acceptors (Lipinski definition) is 1. The van der Waals surface area contributed by atoms with Crippen molar-refractivity contribution in [1.82, 2.24) is 0 Å². The van der Waals surface area contributed by atoms with Crippen LogP contribution in [0.5, 0.6) is 0 Å². The zero-order chi connectivity index (χ0) is 12.5. The van der Waals surface area contributed by atoms with E-state index in [4.69, 9.17) is 23.2 Å². The number of benzene rings is 1. The smallest absolute Gasteiger partial charge is 0.257 e. The van der Waals surface area contributed by atoms with Crippen molar-refractivity contribution in [2.45, 2.75) is 4.84 Å². The van der Waals surface area contributed by atoms with Crippen molar-refractivity contribution in [3.8, 4) is 0 Å². The van der Waals surface area contributed by atoms with Crippen LogP contribution in [0.4, 0.5) is 23.2 Å². The van der Waals surface area contributed by atoms with Crippen LogP contribution in [0.3, 0.4) is 0 Å². The van der Waals surface area contributed by atoms with Crippen molar-refractivity contribution < 1.29 is 22.4 Å². The molecule has 0 fully saturated rings. The fourth-order valence-corrected chi connectivity index (χ4v) is 0.970. The van der Waals surface area contributed by atoms with E-state index in [1.807, 2.05) is 0 Å². The van der Waals surface area contributed by atoms with Gasteiger partial charge in [0.05, 0.1) is 0 Å². The Hall–Kier alpha value is -1.01. The Morgan fingerprint density at radius 3 is 1.94 bits per heavy atom. The number of halogens is 6. The molecule has 0 saturated heterocycles. The quantitative estimate of drug-likeness (QED) is 0.502. The van der Waals surface area contributed by atoms with Gasteiger partial charge in [0.15, 0.2) is 28.1 Å². The largest absolute Gasteiger partial charge is 0.319 e. The summed E-state index contributed by atoms with van der Waals surface area (Å²) < 4.78 is 51.3. The highest BCUT2D eigenvalue weighted by atomic mass is 35.5. The van der Waals surface area contributed by atoms with Crippen LogP contribution in [0.2, 0.25) is 0 Å². The monoisotopic (exact) mass is 275 g/mol. The van der Waals surface area contributed by atoms with E-state index in [1.165, 1.54) is 5.32 Å². The number of alkyl halides is 2. The normalized spacial score (nSPS) is 10.7. The van der Waals surface area contributed by atoms with Crippen LogP contribution in [-0.2, 0) is 4.79 Å². The zero-order valence-electron chi connectivity index (χ0n) is 7.33. The van der Waals surface area contributed by atoms with Crippen LogP contribution in [0.25, 0.3) is 0 Å². The van der Waals surface area contributed by atoms with E-state index < -0.39 is 39.7 Å². The van der Waals surface area contributed by atoms with Gasteiger partial charge in [0, 0.05) is 6.07 Å². The summed E-state index contributed by atoms with van der Waals surface area (Å²) in [6.07, 6.45) is 0. The molecule has 1 aromatic rings. The van der Waals surface area contributed by atoms with Crippen LogP contribution in [0.1, 0.15) is 0 Å². The summed E-state index contributed by atoms with van der Waals surface area (Å²) in [5.74, 6) is -7.96. The summed E-state index contributed by atoms with van der Waals surface area (Å²) in [5, 5.41) is 1.53. The minimum atomic E-state index is -1.73. The lowest BCUT2D eigenvalue weighted by atomic mass is 10.2. The standard InChI is InChI=1S/C8H3Cl2F4NO/c9-7(10)8(16)15-6-4(13)2(11)1-3(12)5(6)14/h1,7H,(H,15,16). The number of rotatable bonds is 2. The molecule has 0 radical (unpaired) electrons. The SMILES string of the molecule is O=C(Nc1c(F)c(F)cc(F)c1F)C(Cl)Cl. The van der Waals surface area contributed by atoms with Crippen molar-refractivity contribution in [2.75, 3.05) is 5.32 Å². The highest BCUT2D eigenvalue weighted by Gasteiger charge is 2.22. The molecule has 0 aliphatic rings. The molecule has 2 nitrogen and oxygen atoms in total. The van der Waals surface area contributed by atoms with E-state index in [-0.39, 0.29) is 6.07 Å². The van der Waals surface area contributed by atoms with E-state index in [9.17, 15) is 22.4 Å². The summed E-state index contributed by atoms with van der Waals surface area (Å²) in [5.41, 5.74) is -1.27. The summed E-state index contributed by atoms with van der Waals surface area (Å²) in [6, 6.07) is 0.0131. The van der Waals surface area contributed by atoms with Gasteiger partial charge in [-0.1, -0.05) is 23.2 Å². The van der Waals surface area contributed by atoms with Gasteiger partial charge in [-0.25, -0.2) is 17.6 Å². The molecule has 0 heterocycles. The first-order valence-electron chi connectivity index (χ1n) is 3.76. The second-order valence-corrected chi connectivity index (χ2v) is 3.73. The molecule has 0 aliphatic heterocycles. The molecule has 16 heavy (non-hydrogen) atoms. The molecule has 1 rings (SSSR count). The predicted molar refractivity (Wildman–Crippen MR) is 50.4 cm³/mol. The van der Waals surface area contributed by atoms with E-state index >= 15 is 0 Å². The van der Waals surface area contributed by atoms with Crippen molar-refractivity contribution in [3.63, 3.8) is 0 Å². The third-order valence-corrected chi connectivity index (χ3v) is 1.95. The van der Waals surface area contributed by atoms with Gasteiger partial charge in [-0.2, -0.15) is 0 Å². The van der Waals surface area contributed by atoms with Crippen molar-refractivity contribution in [1.29, 1.82) is 0 Å². The molecule has 0 bridgehead atoms. The molecule has 0 unspecified atom stereocenters. The molecule has 0 spiro atoms. The Bertz CT molecular complexity index is 412. The molecule has 8 heteroatoms. The molecule has 1 amide bonds. The van der Waals surface area contributed by atoms with Gasteiger partial charge in [0.2, 0.25) is 0 Å². The van der Waals surface area contributed by atoms with E-state index in [0.29, 0.717) is 0 Å². The Labute approximate surface area is 97.1 Å². The van der Waals surface area contributed by atoms with E-state index in [0.717, 1.165) is 0 Å². The highest BCUT2D eigenvalue weighted by molar-refractivity contribution is 6.54. The van der Waals surface area contributed by atoms with Gasteiger partial charge < -0.3 is 5.32 Å². The number of anilines is 1. The van der Waals surface area contributed by atoms with E-state index in [1.54, 1.807) is 0 Å². The Morgan fingerprint density at radius 1 is 1.12 bits per heavy atom. The second-order valence-electron chi connectivity index (χ2n) is 2.63. The molecular weight excluding hydrogens is 273 g/mol. The zero-order valence-corrected chi connectivity index (χ0v) is 8.84. The third-order valence-electron chi connectivity index (χ3n) is 1.56. The minimum absolute atomic E-state index is 0.0131. The highest BCUT2D eigenvalue weighted by Crippen LogP contribution is 2.24. The van der Waals surface area contributed by atoms with Crippen molar-refractivity contribution in [3.05, 3.63) is 29.3 Å². The lowest BCUT2D eigenvalue weighted by Gasteiger charge is -2.08. The van der Waals surface area contributed by atoms with Crippen LogP contribution in [0, 0.1) is 23.3 Å². The third kappa shape index (κ3) is 2.56. The molecule has 0 aromatic heterocycles. The second kappa shape index (κ2) is 4.88. The minimum Gasteiger partial charge on any atom is -0.319 e. The summed E-state index contributed by atoms with van der Waals surface area (Å²) in [4.78, 5) is 9.27. The van der Waals surface area contributed by atoms with E-state index in [2.05, 4.69) is 0 Å². The summed E-state index contributed by atoms with van der Waals surface area (Å²) in [7, 11) is 0. The Morgan fingerprint density at radius 2 is 1.56 bits per heavy atom. The first kappa shape index (κ1) is 13.1. The van der Waals surface area contributed by atoms with Crippen molar-refractivity contribution in [2.24, 2.45) is 0 Å². The van der Waals surface area contributed by atoms with Gasteiger partial charge >= 0.3 is 0 Å². The maximum Gasteiger partial charge on any atom is 0.257 e. The summed E-state index contributed by atoms with van der Waals surface area (Å²) in [6.45, 7) is 0. The number of hydrogen-bond donors (Lipinski definition) is 1. The topological polar surface area (TPSA) is 29.1 Å².